The van der Waals surface area contributed by atoms with Crippen LogP contribution in [0.2, 0.25) is 0 Å². The molecule has 0 N–H and O–H groups in total. The summed E-state index contributed by atoms with van der Waals surface area (Å²) in [4.78, 5) is 16.1. The van der Waals surface area contributed by atoms with Gasteiger partial charge in [-0.05, 0) is 31.4 Å². The molecule has 1 aliphatic rings. The Morgan fingerprint density at radius 3 is 2.50 bits per heavy atom. The van der Waals surface area contributed by atoms with Crippen LogP contribution in [0.25, 0.3) is 0 Å². The molecule has 14 heavy (non-hydrogen) atoms. The van der Waals surface area contributed by atoms with E-state index in [0.29, 0.717) is 5.56 Å². The third kappa shape index (κ3) is 1.99. The fraction of sp³-hybridized carbons (Fsp3) is 0.273. The fourth-order valence-electron chi connectivity index (χ4n) is 1.16. The Morgan fingerprint density at radius 1 is 1.21 bits per heavy atom. The number of hydrogen-bond acceptors (Lipinski definition) is 3. The van der Waals surface area contributed by atoms with Gasteiger partial charge in [0.1, 0.15) is 0 Å². The molecular formula is C11H11NO2. The Balaban J connectivity index is 1.96. The fourth-order valence-corrected chi connectivity index (χ4v) is 1.16. The minimum Gasteiger partial charge on any atom is -0.313 e. The molecular weight excluding hydrogens is 178 g/mol. The van der Waals surface area contributed by atoms with Crippen molar-refractivity contribution in [1.29, 1.82) is 0 Å². The van der Waals surface area contributed by atoms with E-state index in [1.54, 1.807) is 24.3 Å². The standard InChI is InChI=1S/C11H11NO2/c13-11(9-5-2-1-3-6-9)14-12-10-7-4-8-10/h1-3,5-6H,4,7-8H2. The number of oxime groups is 1. The van der Waals surface area contributed by atoms with Crippen LogP contribution in [0.3, 0.4) is 0 Å². The number of carbonyl (C=O) groups excluding carboxylic acids is 1. The lowest BCUT2D eigenvalue weighted by atomic mass is 9.98. The van der Waals surface area contributed by atoms with Gasteiger partial charge in [0.25, 0.3) is 0 Å². The van der Waals surface area contributed by atoms with E-state index in [2.05, 4.69) is 5.16 Å². The second-order valence-electron chi connectivity index (χ2n) is 3.26. The molecule has 0 radical (unpaired) electrons. The van der Waals surface area contributed by atoms with Crippen molar-refractivity contribution in [1.82, 2.24) is 0 Å². The first kappa shape index (κ1) is 8.94. The van der Waals surface area contributed by atoms with Gasteiger partial charge in [-0.15, -0.1) is 0 Å². The molecule has 0 heterocycles. The molecule has 3 nitrogen and oxygen atoms in total. The zero-order valence-electron chi connectivity index (χ0n) is 7.77. The Labute approximate surface area is 82.4 Å². The van der Waals surface area contributed by atoms with Gasteiger partial charge in [0.2, 0.25) is 0 Å². The van der Waals surface area contributed by atoms with Crippen LogP contribution >= 0.6 is 0 Å². The van der Waals surface area contributed by atoms with Gasteiger partial charge in [0.05, 0.1) is 11.3 Å². The summed E-state index contributed by atoms with van der Waals surface area (Å²) in [6, 6.07) is 8.88. The van der Waals surface area contributed by atoms with Gasteiger partial charge < -0.3 is 4.84 Å². The Kier molecular flexibility index (Phi) is 2.58. The lowest BCUT2D eigenvalue weighted by Gasteiger charge is -2.12. The summed E-state index contributed by atoms with van der Waals surface area (Å²) in [6.45, 7) is 0. The highest BCUT2D eigenvalue weighted by Crippen LogP contribution is 2.14. The molecule has 0 bridgehead atoms. The third-order valence-electron chi connectivity index (χ3n) is 2.20. The van der Waals surface area contributed by atoms with Gasteiger partial charge in [-0.1, -0.05) is 23.4 Å². The Morgan fingerprint density at radius 2 is 1.93 bits per heavy atom. The van der Waals surface area contributed by atoms with Crippen molar-refractivity contribution in [2.24, 2.45) is 5.16 Å². The van der Waals surface area contributed by atoms with Crippen LogP contribution in [0.5, 0.6) is 0 Å². The summed E-state index contributed by atoms with van der Waals surface area (Å²) in [5, 5.41) is 3.77. The third-order valence-corrected chi connectivity index (χ3v) is 2.20. The second-order valence-corrected chi connectivity index (χ2v) is 3.26. The minimum absolute atomic E-state index is 0.384. The summed E-state index contributed by atoms with van der Waals surface area (Å²) in [6.07, 6.45) is 3.08. The van der Waals surface area contributed by atoms with Crippen LogP contribution in [-0.2, 0) is 4.84 Å². The molecule has 0 spiro atoms. The molecule has 1 aromatic carbocycles. The maximum absolute atomic E-state index is 11.4. The second kappa shape index (κ2) is 4.05. The van der Waals surface area contributed by atoms with Crippen LogP contribution in [-0.4, -0.2) is 11.7 Å². The first-order valence-corrected chi connectivity index (χ1v) is 4.68. The topological polar surface area (TPSA) is 38.7 Å². The van der Waals surface area contributed by atoms with Gasteiger partial charge in [0.15, 0.2) is 0 Å². The first-order chi connectivity index (χ1) is 6.86. The largest absolute Gasteiger partial charge is 0.365 e. The average Bonchev–Trinajstić information content (AvgIpc) is 2.16. The molecule has 1 aromatic rings. The van der Waals surface area contributed by atoms with Crippen LogP contribution < -0.4 is 0 Å². The van der Waals surface area contributed by atoms with Gasteiger partial charge in [-0.3, -0.25) is 0 Å². The number of benzene rings is 1. The molecule has 72 valence electrons. The summed E-state index contributed by atoms with van der Waals surface area (Å²) in [5.41, 5.74) is 1.52. The Bertz CT molecular complexity index is 351. The predicted molar refractivity (Wildman–Crippen MR) is 53.1 cm³/mol. The van der Waals surface area contributed by atoms with E-state index in [1.165, 1.54) is 0 Å². The Hall–Kier alpha value is -1.64. The number of carbonyl (C=O) groups is 1. The lowest BCUT2D eigenvalue weighted by molar-refractivity contribution is 0.0512. The number of hydrogen-bond donors (Lipinski definition) is 0. The van der Waals surface area contributed by atoms with Crippen molar-refractivity contribution in [3.8, 4) is 0 Å². The van der Waals surface area contributed by atoms with Crippen molar-refractivity contribution in [3.63, 3.8) is 0 Å². The molecule has 3 heteroatoms. The quantitative estimate of drug-likeness (QED) is 0.529. The molecule has 2 rings (SSSR count). The molecule has 1 saturated carbocycles. The molecule has 1 fully saturated rings. The summed E-state index contributed by atoms with van der Waals surface area (Å²) >= 11 is 0. The minimum atomic E-state index is -0.384. The summed E-state index contributed by atoms with van der Waals surface area (Å²) in [5.74, 6) is -0.384. The van der Waals surface area contributed by atoms with Crippen molar-refractivity contribution >= 4 is 11.7 Å². The van der Waals surface area contributed by atoms with Crippen LogP contribution in [0.1, 0.15) is 29.6 Å². The van der Waals surface area contributed by atoms with E-state index in [1.807, 2.05) is 6.07 Å². The van der Waals surface area contributed by atoms with E-state index in [-0.39, 0.29) is 5.97 Å². The van der Waals surface area contributed by atoms with Gasteiger partial charge in [0, 0.05) is 0 Å². The lowest BCUT2D eigenvalue weighted by Crippen LogP contribution is -2.11. The highest BCUT2D eigenvalue weighted by atomic mass is 16.7. The van der Waals surface area contributed by atoms with Gasteiger partial charge >= 0.3 is 5.97 Å². The first-order valence-electron chi connectivity index (χ1n) is 4.68. The highest BCUT2D eigenvalue weighted by Gasteiger charge is 2.12. The van der Waals surface area contributed by atoms with Gasteiger partial charge in [-0.25, -0.2) is 4.79 Å². The molecule has 1 aliphatic carbocycles. The van der Waals surface area contributed by atoms with E-state index in [9.17, 15) is 4.79 Å². The monoisotopic (exact) mass is 189 g/mol. The summed E-state index contributed by atoms with van der Waals surface area (Å²) in [7, 11) is 0. The van der Waals surface area contributed by atoms with Crippen LogP contribution in [0.4, 0.5) is 0 Å². The molecule has 0 amide bonds. The smallest absolute Gasteiger partial charge is 0.313 e. The normalized spacial score (nSPS) is 14.4. The SMILES string of the molecule is O=C(ON=C1CCC1)c1ccccc1. The summed E-state index contributed by atoms with van der Waals surface area (Å²) < 4.78 is 0. The number of nitrogens with zero attached hydrogens (tertiary/aromatic N) is 1. The maximum Gasteiger partial charge on any atom is 0.365 e. The maximum atomic E-state index is 11.4. The van der Waals surface area contributed by atoms with Crippen LogP contribution in [0, 0.1) is 0 Å². The van der Waals surface area contributed by atoms with Gasteiger partial charge in [-0.2, -0.15) is 0 Å². The average molecular weight is 189 g/mol. The molecule has 0 atom stereocenters. The zero-order valence-corrected chi connectivity index (χ0v) is 7.77. The molecule has 0 saturated heterocycles. The van der Waals surface area contributed by atoms with Crippen molar-refractivity contribution in [3.05, 3.63) is 35.9 Å². The molecule has 0 aromatic heterocycles. The van der Waals surface area contributed by atoms with E-state index in [4.69, 9.17) is 4.84 Å². The number of rotatable bonds is 2. The highest BCUT2D eigenvalue weighted by molar-refractivity contribution is 5.92. The van der Waals surface area contributed by atoms with Crippen molar-refractivity contribution in [2.75, 3.05) is 0 Å². The predicted octanol–water partition coefficient (Wildman–Crippen LogP) is 2.38. The van der Waals surface area contributed by atoms with Crippen molar-refractivity contribution in [2.45, 2.75) is 19.3 Å². The molecule has 0 unspecified atom stereocenters. The molecule has 0 aliphatic heterocycles. The zero-order chi connectivity index (χ0) is 9.80. The van der Waals surface area contributed by atoms with Crippen LogP contribution in [0.15, 0.2) is 35.5 Å². The van der Waals surface area contributed by atoms with E-state index < -0.39 is 0 Å². The van der Waals surface area contributed by atoms with E-state index in [0.717, 1.165) is 25.0 Å². The van der Waals surface area contributed by atoms with E-state index >= 15 is 0 Å². The van der Waals surface area contributed by atoms with Crippen molar-refractivity contribution < 1.29 is 9.63 Å².